The van der Waals surface area contributed by atoms with Crippen molar-refractivity contribution in [2.75, 3.05) is 6.54 Å². The molecule has 3 heteroatoms. The minimum absolute atomic E-state index is 0.121. The maximum absolute atomic E-state index is 11.2. The molecule has 0 radical (unpaired) electrons. The van der Waals surface area contributed by atoms with Crippen LogP contribution in [0.15, 0.2) is 30.3 Å². The van der Waals surface area contributed by atoms with E-state index >= 15 is 0 Å². The first kappa shape index (κ1) is 14.6. The summed E-state index contributed by atoms with van der Waals surface area (Å²) < 4.78 is 0. The summed E-state index contributed by atoms with van der Waals surface area (Å²) in [4.78, 5) is 11.2. The van der Waals surface area contributed by atoms with Crippen LogP contribution in [-0.4, -0.2) is 17.6 Å². The molecule has 0 heterocycles. The van der Waals surface area contributed by atoms with Gasteiger partial charge in [-0.05, 0) is 12.5 Å². The van der Waals surface area contributed by atoms with E-state index in [0.717, 1.165) is 5.56 Å². The van der Waals surface area contributed by atoms with Crippen LogP contribution in [-0.2, 0) is 4.79 Å². The Balaban J connectivity index is 0.00000106. The van der Waals surface area contributed by atoms with Crippen molar-refractivity contribution >= 4 is 5.91 Å². The van der Waals surface area contributed by atoms with E-state index in [0.29, 0.717) is 6.54 Å². The molecular formula is C13H21NO2. The Kier molecular flexibility index (Phi) is 8.17. The molecule has 1 aromatic carbocycles. The van der Waals surface area contributed by atoms with Gasteiger partial charge in [-0.2, -0.15) is 0 Å². The molecule has 0 aliphatic heterocycles. The molecule has 16 heavy (non-hydrogen) atoms. The number of nitrogens with one attached hydrogen (secondary N) is 1. The van der Waals surface area contributed by atoms with Gasteiger partial charge < -0.3 is 10.4 Å². The van der Waals surface area contributed by atoms with Gasteiger partial charge in [-0.3, -0.25) is 4.79 Å². The predicted octanol–water partition coefficient (Wildman–Crippen LogP) is 2.27. The zero-order valence-electron chi connectivity index (χ0n) is 10.2. The quantitative estimate of drug-likeness (QED) is 0.822. The van der Waals surface area contributed by atoms with Crippen LogP contribution in [0.5, 0.6) is 0 Å². The normalized spacial score (nSPS) is 11.0. The first-order valence-electron chi connectivity index (χ1n) is 5.73. The molecule has 0 saturated carbocycles. The molecule has 0 fully saturated rings. The molecule has 1 unspecified atom stereocenters. The molecular weight excluding hydrogens is 202 g/mol. The Morgan fingerprint density at radius 3 is 2.38 bits per heavy atom. The van der Waals surface area contributed by atoms with E-state index in [2.05, 4.69) is 5.32 Å². The van der Waals surface area contributed by atoms with Crippen molar-refractivity contribution in [3.63, 3.8) is 0 Å². The van der Waals surface area contributed by atoms with Crippen molar-refractivity contribution in [3.05, 3.63) is 35.9 Å². The molecule has 0 spiro atoms. The lowest BCUT2D eigenvalue weighted by Gasteiger charge is -2.09. The summed E-state index contributed by atoms with van der Waals surface area (Å²) in [5.41, 5.74) is 0.777. The van der Waals surface area contributed by atoms with E-state index < -0.39 is 6.10 Å². The number of hydrogen-bond acceptors (Lipinski definition) is 2. The highest BCUT2D eigenvalue weighted by Gasteiger charge is 2.11. The van der Waals surface area contributed by atoms with Gasteiger partial charge in [0.25, 0.3) is 0 Å². The minimum atomic E-state index is -0.706. The summed E-state index contributed by atoms with van der Waals surface area (Å²) in [7, 11) is 0. The van der Waals surface area contributed by atoms with Crippen molar-refractivity contribution in [1.82, 2.24) is 5.32 Å². The molecule has 0 bridgehead atoms. The lowest BCUT2D eigenvalue weighted by molar-refractivity contribution is -0.122. The van der Waals surface area contributed by atoms with E-state index in [4.69, 9.17) is 0 Å². The van der Waals surface area contributed by atoms with Gasteiger partial charge in [0, 0.05) is 6.54 Å². The molecule has 90 valence electrons. The zero-order valence-corrected chi connectivity index (χ0v) is 10.2. The minimum Gasteiger partial charge on any atom is -0.388 e. The highest BCUT2D eigenvalue weighted by Crippen LogP contribution is 2.15. The van der Waals surface area contributed by atoms with E-state index in [9.17, 15) is 9.90 Å². The van der Waals surface area contributed by atoms with Crippen molar-refractivity contribution in [2.24, 2.45) is 0 Å². The fraction of sp³-hybridized carbons (Fsp3) is 0.462. The third-order valence-corrected chi connectivity index (χ3v) is 1.94. The standard InChI is InChI=1S/C11H15NO2.C2H6/c1-2-12-11(14)8-10(13)9-6-4-3-5-7-9;1-2/h3-7,10,13H,2,8H2,1H3,(H,12,14);1-2H3. The van der Waals surface area contributed by atoms with Crippen LogP contribution in [0.4, 0.5) is 0 Å². The average molecular weight is 223 g/mol. The van der Waals surface area contributed by atoms with Gasteiger partial charge in [0.2, 0.25) is 5.91 Å². The summed E-state index contributed by atoms with van der Waals surface area (Å²) in [6.45, 7) is 6.45. The number of rotatable bonds is 4. The number of hydrogen-bond donors (Lipinski definition) is 2. The van der Waals surface area contributed by atoms with Crippen molar-refractivity contribution in [1.29, 1.82) is 0 Å². The second kappa shape index (κ2) is 8.92. The molecule has 1 rings (SSSR count). The van der Waals surface area contributed by atoms with Crippen LogP contribution in [0.3, 0.4) is 0 Å². The van der Waals surface area contributed by atoms with Gasteiger partial charge in [0.1, 0.15) is 0 Å². The largest absolute Gasteiger partial charge is 0.388 e. The van der Waals surface area contributed by atoms with Crippen molar-refractivity contribution < 1.29 is 9.90 Å². The molecule has 0 aromatic heterocycles. The summed E-state index contributed by atoms with van der Waals surface area (Å²) in [6.07, 6.45) is -0.583. The maximum Gasteiger partial charge on any atom is 0.222 e. The van der Waals surface area contributed by atoms with Crippen LogP contribution in [0.1, 0.15) is 38.9 Å². The average Bonchev–Trinajstić information content (AvgIpc) is 2.33. The third kappa shape index (κ3) is 5.51. The van der Waals surface area contributed by atoms with Crippen molar-refractivity contribution in [3.8, 4) is 0 Å². The van der Waals surface area contributed by atoms with Crippen LogP contribution < -0.4 is 5.32 Å². The van der Waals surface area contributed by atoms with Crippen molar-refractivity contribution in [2.45, 2.75) is 33.3 Å². The van der Waals surface area contributed by atoms with Crippen LogP contribution in [0.25, 0.3) is 0 Å². The first-order valence-corrected chi connectivity index (χ1v) is 5.73. The molecule has 0 saturated heterocycles. The van der Waals surface area contributed by atoms with Gasteiger partial charge in [-0.1, -0.05) is 44.2 Å². The monoisotopic (exact) mass is 223 g/mol. The van der Waals surface area contributed by atoms with E-state index in [1.165, 1.54) is 0 Å². The predicted molar refractivity (Wildman–Crippen MR) is 66.1 cm³/mol. The second-order valence-corrected chi connectivity index (χ2v) is 3.08. The Labute approximate surface area is 97.5 Å². The van der Waals surface area contributed by atoms with Gasteiger partial charge in [0.15, 0.2) is 0 Å². The Morgan fingerprint density at radius 1 is 1.31 bits per heavy atom. The van der Waals surface area contributed by atoms with E-state index in [1.54, 1.807) is 0 Å². The lowest BCUT2D eigenvalue weighted by Crippen LogP contribution is -2.24. The van der Waals surface area contributed by atoms with E-state index in [1.807, 2.05) is 51.1 Å². The van der Waals surface area contributed by atoms with Crippen LogP contribution >= 0.6 is 0 Å². The third-order valence-electron chi connectivity index (χ3n) is 1.94. The van der Waals surface area contributed by atoms with Gasteiger partial charge in [0.05, 0.1) is 12.5 Å². The topological polar surface area (TPSA) is 49.3 Å². The van der Waals surface area contributed by atoms with Crippen LogP contribution in [0.2, 0.25) is 0 Å². The molecule has 2 N–H and O–H groups in total. The lowest BCUT2D eigenvalue weighted by atomic mass is 10.1. The Morgan fingerprint density at radius 2 is 1.88 bits per heavy atom. The highest BCUT2D eigenvalue weighted by atomic mass is 16.3. The molecule has 1 amide bonds. The van der Waals surface area contributed by atoms with Gasteiger partial charge in [-0.15, -0.1) is 0 Å². The molecule has 0 aliphatic carbocycles. The Hall–Kier alpha value is -1.35. The number of benzene rings is 1. The zero-order chi connectivity index (χ0) is 12.4. The number of aliphatic hydroxyl groups is 1. The summed E-state index contributed by atoms with van der Waals surface area (Å²) in [5.74, 6) is -0.121. The molecule has 1 aromatic rings. The SMILES string of the molecule is CC.CCNC(=O)CC(O)c1ccccc1. The molecule has 1 atom stereocenters. The fourth-order valence-electron chi connectivity index (χ4n) is 1.24. The number of amides is 1. The summed E-state index contributed by atoms with van der Waals surface area (Å²) in [6, 6.07) is 9.18. The number of aliphatic hydroxyl groups excluding tert-OH is 1. The van der Waals surface area contributed by atoms with Gasteiger partial charge in [-0.25, -0.2) is 0 Å². The van der Waals surface area contributed by atoms with E-state index in [-0.39, 0.29) is 12.3 Å². The summed E-state index contributed by atoms with van der Waals surface area (Å²) >= 11 is 0. The molecule has 0 aliphatic rings. The first-order chi connectivity index (χ1) is 7.74. The summed E-state index contributed by atoms with van der Waals surface area (Å²) in [5, 5.41) is 12.3. The fourth-order valence-corrected chi connectivity index (χ4v) is 1.24. The van der Waals surface area contributed by atoms with Crippen LogP contribution in [0, 0.1) is 0 Å². The smallest absolute Gasteiger partial charge is 0.222 e. The maximum atomic E-state index is 11.2. The Bertz CT molecular complexity index is 285. The van der Waals surface area contributed by atoms with Gasteiger partial charge >= 0.3 is 0 Å². The number of carbonyl (C=O) groups excluding carboxylic acids is 1. The molecule has 3 nitrogen and oxygen atoms in total. The number of carbonyl (C=O) groups is 1. The second-order valence-electron chi connectivity index (χ2n) is 3.08. The highest BCUT2D eigenvalue weighted by molar-refractivity contribution is 5.76.